The summed E-state index contributed by atoms with van der Waals surface area (Å²) in [5.74, 6) is -0.226. The highest BCUT2D eigenvalue weighted by molar-refractivity contribution is 5.65. The average Bonchev–Trinajstić information content (AvgIpc) is 2.49. The maximum Gasteiger partial charge on any atom is 0.322 e. The molecule has 1 aliphatic carbocycles. The molecule has 0 aromatic carbocycles. The van der Waals surface area contributed by atoms with Crippen LogP contribution in [0.4, 0.5) is 0 Å². The molecule has 0 radical (unpaired) electrons. The zero-order valence-corrected chi connectivity index (χ0v) is 14.7. The molecule has 2 aliphatic rings. The lowest BCUT2D eigenvalue weighted by atomic mass is 9.68. The van der Waals surface area contributed by atoms with Crippen LogP contribution in [0.1, 0.15) is 75.2 Å². The summed E-state index contributed by atoms with van der Waals surface area (Å²) in [4.78, 5) is 17.0. The van der Waals surface area contributed by atoms with Gasteiger partial charge in [-0.15, -0.1) is 5.06 Å². The van der Waals surface area contributed by atoms with Gasteiger partial charge in [-0.1, -0.05) is 27.7 Å². The van der Waals surface area contributed by atoms with Crippen LogP contribution in [0.15, 0.2) is 0 Å². The van der Waals surface area contributed by atoms with E-state index < -0.39 is 0 Å². The smallest absolute Gasteiger partial charge is 0.322 e. The molecule has 1 spiro atoms. The first-order valence-electron chi connectivity index (χ1n) is 7.70. The normalized spacial score (nSPS) is 31.9. The molecule has 0 bridgehead atoms. The Morgan fingerprint density at radius 1 is 0.850 bits per heavy atom. The Balaban J connectivity index is 2.40. The molecule has 2 fully saturated rings. The molecule has 1 saturated heterocycles. The zero-order chi connectivity index (χ0) is 15.8. The molecule has 2 rings (SSSR count). The minimum atomic E-state index is -0.226. The molecule has 0 atom stereocenters. The molecule has 1 heterocycles. The molecule has 3 nitrogen and oxygen atoms in total. The standard InChI is InChI=1S/C17H31NO2/c1-12(19)20-18-13(2,3)10-17(11-14(18,4)5)15(6,7)16(17,8)9/h10-11H2,1-9H3. The average molecular weight is 281 g/mol. The van der Waals surface area contributed by atoms with Crippen molar-refractivity contribution in [3.05, 3.63) is 0 Å². The summed E-state index contributed by atoms with van der Waals surface area (Å²) in [5, 5.41) is 1.94. The van der Waals surface area contributed by atoms with Crippen molar-refractivity contribution in [1.82, 2.24) is 5.06 Å². The number of hydroxylamine groups is 2. The second-order valence-electron chi connectivity index (χ2n) is 9.19. The largest absolute Gasteiger partial charge is 0.367 e. The number of nitrogens with zero attached hydrogens (tertiary/aromatic N) is 1. The quantitative estimate of drug-likeness (QED) is 0.722. The number of rotatable bonds is 1. The highest BCUT2D eigenvalue weighted by Crippen LogP contribution is 2.84. The summed E-state index contributed by atoms with van der Waals surface area (Å²) in [6.45, 7) is 19.8. The number of piperidine rings is 1. The molecule has 0 unspecified atom stereocenters. The maximum absolute atomic E-state index is 11.5. The Morgan fingerprint density at radius 3 is 1.45 bits per heavy atom. The van der Waals surface area contributed by atoms with Crippen molar-refractivity contribution >= 4 is 5.97 Å². The first kappa shape index (κ1) is 15.8. The molecular formula is C17H31NO2. The lowest BCUT2D eigenvalue weighted by molar-refractivity contribution is -0.275. The predicted molar refractivity (Wildman–Crippen MR) is 81.0 cm³/mol. The summed E-state index contributed by atoms with van der Waals surface area (Å²) in [6, 6.07) is 0. The molecule has 1 saturated carbocycles. The van der Waals surface area contributed by atoms with Crippen LogP contribution in [0.5, 0.6) is 0 Å². The Labute approximate surface area is 124 Å². The molecule has 20 heavy (non-hydrogen) atoms. The number of carbonyl (C=O) groups is 1. The van der Waals surface area contributed by atoms with E-state index in [1.54, 1.807) is 0 Å². The van der Waals surface area contributed by atoms with Gasteiger partial charge in [0.05, 0.1) is 11.1 Å². The highest BCUT2D eigenvalue weighted by Gasteiger charge is 2.80. The molecule has 0 amide bonds. The van der Waals surface area contributed by atoms with E-state index in [1.165, 1.54) is 6.92 Å². The van der Waals surface area contributed by atoms with Gasteiger partial charge < -0.3 is 4.84 Å². The van der Waals surface area contributed by atoms with Crippen LogP contribution in [-0.4, -0.2) is 22.1 Å². The van der Waals surface area contributed by atoms with Crippen LogP contribution < -0.4 is 0 Å². The summed E-state index contributed by atoms with van der Waals surface area (Å²) < 4.78 is 0. The second kappa shape index (κ2) is 3.79. The highest BCUT2D eigenvalue weighted by atomic mass is 16.7. The van der Waals surface area contributed by atoms with Gasteiger partial charge in [0.15, 0.2) is 0 Å². The molecular weight excluding hydrogens is 250 g/mol. The Hall–Kier alpha value is -0.570. The van der Waals surface area contributed by atoms with E-state index in [0.717, 1.165) is 12.8 Å². The van der Waals surface area contributed by atoms with Crippen LogP contribution in [-0.2, 0) is 9.63 Å². The fourth-order valence-corrected chi connectivity index (χ4v) is 5.31. The van der Waals surface area contributed by atoms with Crippen LogP contribution in [0, 0.1) is 16.2 Å². The van der Waals surface area contributed by atoms with Crippen LogP contribution >= 0.6 is 0 Å². The van der Waals surface area contributed by atoms with Crippen molar-refractivity contribution in [2.45, 2.75) is 86.2 Å². The fraction of sp³-hybridized carbons (Fsp3) is 0.941. The van der Waals surface area contributed by atoms with Crippen molar-refractivity contribution < 1.29 is 9.63 Å². The van der Waals surface area contributed by atoms with E-state index in [0.29, 0.717) is 16.2 Å². The van der Waals surface area contributed by atoms with Crippen molar-refractivity contribution in [3.63, 3.8) is 0 Å². The fourth-order valence-electron chi connectivity index (χ4n) is 5.31. The van der Waals surface area contributed by atoms with E-state index in [1.807, 2.05) is 5.06 Å². The van der Waals surface area contributed by atoms with Gasteiger partial charge in [0.25, 0.3) is 0 Å². The first-order valence-corrected chi connectivity index (χ1v) is 7.70. The third-order valence-electron chi connectivity index (χ3n) is 6.68. The predicted octanol–water partition coefficient (Wildman–Crippen LogP) is 4.17. The monoisotopic (exact) mass is 281 g/mol. The van der Waals surface area contributed by atoms with E-state index in [-0.39, 0.29) is 17.0 Å². The van der Waals surface area contributed by atoms with E-state index in [9.17, 15) is 4.79 Å². The summed E-state index contributed by atoms with van der Waals surface area (Å²) in [5.41, 5.74) is 0.703. The lowest BCUT2D eigenvalue weighted by Gasteiger charge is -2.54. The van der Waals surface area contributed by atoms with E-state index >= 15 is 0 Å². The zero-order valence-electron chi connectivity index (χ0n) is 14.7. The van der Waals surface area contributed by atoms with Crippen LogP contribution in [0.25, 0.3) is 0 Å². The summed E-state index contributed by atoms with van der Waals surface area (Å²) in [7, 11) is 0. The SMILES string of the molecule is CC(=O)ON1C(C)(C)CC2(CC1(C)C)C(C)(C)C2(C)C. The second-order valence-corrected chi connectivity index (χ2v) is 9.19. The van der Waals surface area contributed by atoms with Crippen molar-refractivity contribution in [1.29, 1.82) is 0 Å². The molecule has 3 heteroatoms. The summed E-state index contributed by atoms with van der Waals surface area (Å²) >= 11 is 0. The topological polar surface area (TPSA) is 29.5 Å². The Kier molecular flexibility index (Phi) is 3.00. The Bertz CT molecular complexity index is 412. The van der Waals surface area contributed by atoms with Crippen LogP contribution in [0.2, 0.25) is 0 Å². The third kappa shape index (κ3) is 1.71. The van der Waals surface area contributed by atoms with Gasteiger partial charge >= 0.3 is 5.97 Å². The third-order valence-corrected chi connectivity index (χ3v) is 6.68. The number of hydrogen-bond donors (Lipinski definition) is 0. The minimum Gasteiger partial charge on any atom is -0.367 e. The lowest BCUT2D eigenvalue weighted by Crippen LogP contribution is -2.62. The summed E-state index contributed by atoms with van der Waals surface area (Å²) in [6.07, 6.45) is 2.13. The Morgan fingerprint density at radius 2 is 1.20 bits per heavy atom. The van der Waals surface area contributed by atoms with Gasteiger partial charge in [0, 0.05) is 6.92 Å². The minimum absolute atomic E-state index is 0.140. The van der Waals surface area contributed by atoms with E-state index in [4.69, 9.17) is 4.84 Å². The van der Waals surface area contributed by atoms with Crippen LogP contribution in [0.3, 0.4) is 0 Å². The van der Waals surface area contributed by atoms with Gasteiger partial charge in [-0.05, 0) is 56.8 Å². The van der Waals surface area contributed by atoms with Crippen molar-refractivity contribution in [3.8, 4) is 0 Å². The molecule has 116 valence electrons. The van der Waals surface area contributed by atoms with Gasteiger partial charge in [-0.3, -0.25) is 4.79 Å². The molecule has 0 N–H and O–H groups in total. The van der Waals surface area contributed by atoms with Gasteiger partial charge in [-0.2, -0.15) is 0 Å². The van der Waals surface area contributed by atoms with Crippen molar-refractivity contribution in [2.75, 3.05) is 0 Å². The van der Waals surface area contributed by atoms with Gasteiger partial charge in [0.2, 0.25) is 0 Å². The van der Waals surface area contributed by atoms with Gasteiger partial charge in [0.1, 0.15) is 0 Å². The first-order chi connectivity index (χ1) is 8.71. The number of carbonyl (C=O) groups excluding carboxylic acids is 1. The molecule has 1 aliphatic heterocycles. The van der Waals surface area contributed by atoms with E-state index in [2.05, 4.69) is 55.4 Å². The van der Waals surface area contributed by atoms with Crippen molar-refractivity contribution in [2.24, 2.45) is 16.2 Å². The molecule has 0 aromatic rings. The molecule has 0 aromatic heterocycles. The maximum atomic E-state index is 11.5. The van der Waals surface area contributed by atoms with Gasteiger partial charge in [-0.25, -0.2) is 0 Å². The number of hydrogen-bond acceptors (Lipinski definition) is 3.